The van der Waals surface area contributed by atoms with E-state index in [1.54, 1.807) is 21.3 Å². The van der Waals surface area contributed by atoms with Crippen molar-refractivity contribution in [3.05, 3.63) is 35.9 Å². The molecule has 25 heavy (non-hydrogen) atoms. The average molecular weight is 345 g/mol. The number of nitrogens with zero attached hydrogens (tertiary/aromatic N) is 3. The van der Waals surface area contributed by atoms with Crippen molar-refractivity contribution in [3.63, 3.8) is 0 Å². The maximum Gasteiger partial charge on any atom is 0.203 e. The fourth-order valence-corrected chi connectivity index (χ4v) is 3.50. The molecule has 1 fully saturated rings. The molecule has 0 spiro atoms. The fraction of sp³-hybridized carbons (Fsp3) is 0.526. The van der Waals surface area contributed by atoms with Gasteiger partial charge in [-0.3, -0.25) is 0 Å². The topological polar surface area (TPSA) is 48.8 Å². The number of likely N-dealkylation sites (tertiary alicyclic amines) is 1. The quantitative estimate of drug-likeness (QED) is 0.806. The zero-order valence-corrected chi connectivity index (χ0v) is 15.5. The summed E-state index contributed by atoms with van der Waals surface area (Å²) < 4.78 is 18.6. The molecule has 2 heterocycles. The predicted octanol–water partition coefficient (Wildman–Crippen LogP) is 2.77. The van der Waals surface area contributed by atoms with Gasteiger partial charge in [0.25, 0.3) is 0 Å². The first-order valence-electron chi connectivity index (χ1n) is 8.64. The van der Waals surface area contributed by atoms with Crippen LogP contribution in [0.3, 0.4) is 0 Å². The van der Waals surface area contributed by atoms with Gasteiger partial charge in [0, 0.05) is 24.9 Å². The van der Waals surface area contributed by atoms with Crippen molar-refractivity contribution < 1.29 is 14.2 Å². The minimum Gasteiger partial charge on any atom is -0.493 e. The van der Waals surface area contributed by atoms with Gasteiger partial charge in [-0.15, -0.1) is 0 Å². The second-order valence-electron chi connectivity index (χ2n) is 6.52. The number of aromatic nitrogens is 2. The van der Waals surface area contributed by atoms with Crippen molar-refractivity contribution in [2.75, 3.05) is 41.5 Å². The minimum atomic E-state index is 0.522. The van der Waals surface area contributed by atoms with Crippen molar-refractivity contribution in [2.45, 2.75) is 25.3 Å². The molecule has 6 nitrogen and oxygen atoms in total. The number of rotatable bonds is 6. The molecule has 0 unspecified atom stereocenters. The maximum absolute atomic E-state index is 5.46. The maximum atomic E-state index is 5.46. The van der Waals surface area contributed by atoms with Crippen molar-refractivity contribution in [2.24, 2.45) is 0 Å². The second kappa shape index (κ2) is 7.78. The Balaban J connectivity index is 1.85. The van der Waals surface area contributed by atoms with E-state index in [-0.39, 0.29) is 0 Å². The lowest BCUT2D eigenvalue weighted by molar-refractivity contribution is 0.249. The normalized spacial score (nSPS) is 16.0. The first-order valence-corrected chi connectivity index (χ1v) is 8.64. The number of hydrogen-bond donors (Lipinski definition) is 0. The first kappa shape index (κ1) is 17.6. The van der Waals surface area contributed by atoms with E-state index >= 15 is 0 Å². The number of piperidine rings is 1. The summed E-state index contributed by atoms with van der Waals surface area (Å²) in [6.07, 6.45) is 6.26. The molecule has 136 valence electrons. The number of methoxy groups -OCH3 is 3. The van der Waals surface area contributed by atoms with E-state index in [1.165, 1.54) is 5.82 Å². The Morgan fingerprint density at radius 2 is 1.68 bits per heavy atom. The summed E-state index contributed by atoms with van der Waals surface area (Å²) in [5.74, 6) is 3.67. The predicted molar refractivity (Wildman–Crippen MR) is 96.9 cm³/mol. The van der Waals surface area contributed by atoms with E-state index in [0.29, 0.717) is 23.2 Å². The highest BCUT2D eigenvalue weighted by molar-refractivity contribution is 5.53. The molecule has 6 heteroatoms. The van der Waals surface area contributed by atoms with Gasteiger partial charge in [-0.25, -0.2) is 4.98 Å². The van der Waals surface area contributed by atoms with Crippen LogP contribution >= 0.6 is 0 Å². The molecule has 0 radical (unpaired) electrons. The number of imidazole rings is 1. The van der Waals surface area contributed by atoms with Crippen LogP contribution in [-0.2, 0) is 6.54 Å². The van der Waals surface area contributed by atoms with Gasteiger partial charge in [0.2, 0.25) is 5.75 Å². The molecule has 1 aromatic heterocycles. The summed E-state index contributed by atoms with van der Waals surface area (Å²) in [5, 5.41) is 0. The SMILES string of the molecule is COc1cc(Cn2ccnc2C2CCN(C)CC2)cc(OC)c1OC. The molecule has 3 rings (SSSR count). The summed E-state index contributed by atoms with van der Waals surface area (Å²) in [7, 11) is 7.08. The van der Waals surface area contributed by atoms with Crippen LogP contribution in [0.25, 0.3) is 0 Å². The van der Waals surface area contributed by atoms with Crippen LogP contribution in [0.1, 0.15) is 30.1 Å². The van der Waals surface area contributed by atoms with Gasteiger partial charge < -0.3 is 23.7 Å². The fourth-order valence-electron chi connectivity index (χ4n) is 3.50. The molecule has 0 N–H and O–H groups in total. The lowest BCUT2D eigenvalue weighted by atomic mass is 9.96. The Kier molecular flexibility index (Phi) is 5.48. The highest BCUT2D eigenvalue weighted by Crippen LogP contribution is 2.38. The second-order valence-corrected chi connectivity index (χ2v) is 6.52. The van der Waals surface area contributed by atoms with Crippen LogP contribution in [0.15, 0.2) is 24.5 Å². The third kappa shape index (κ3) is 3.74. The standard InChI is InChI=1S/C19H27N3O3/c1-21-8-5-15(6-9-21)19-20-7-10-22(19)13-14-11-16(23-2)18(25-4)17(12-14)24-3/h7,10-12,15H,5-6,8-9,13H2,1-4H3. The van der Waals surface area contributed by atoms with E-state index in [0.717, 1.165) is 38.0 Å². The number of hydrogen-bond acceptors (Lipinski definition) is 5. The van der Waals surface area contributed by atoms with Crippen molar-refractivity contribution in [1.82, 2.24) is 14.5 Å². The van der Waals surface area contributed by atoms with E-state index in [4.69, 9.17) is 14.2 Å². The molecular formula is C19H27N3O3. The molecule has 1 aromatic carbocycles. The average Bonchev–Trinajstić information content (AvgIpc) is 3.09. The van der Waals surface area contributed by atoms with Crippen molar-refractivity contribution >= 4 is 0 Å². The summed E-state index contributed by atoms with van der Waals surface area (Å²) in [4.78, 5) is 7.02. The van der Waals surface area contributed by atoms with Gasteiger partial charge in [0.15, 0.2) is 11.5 Å². The van der Waals surface area contributed by atoms with Crippen molar-refractivity contribution in [1.29, 1.82) is 0 Å². The first-order chi connectivity index (χ1) is 12.2. The molecule has 0 bridgehead atoms. The Bertz CT molecular complexity index is 681. The van der Waals surface area contributed by atoms with Gasteiger partial charge in [0.05, 0.1) is 21.3 Å². The lowest BCUT2D eigenvalue weighted by Crippen LogP contribution is -2.30. The van der Waals surface area contributed by atoms with Gasteiger partial charge in [0.1, 0.15) is 5.82 Å². The third-order valence-electron chi connectivity index (χ3n) is 4.91. The van der Waals surface area contributed by atoms with E-state index in [1.807, 2.05) is 18.3 Å². The molecule has 1 aliphatic heterocycles. The van der Waals surface area contributed by atoms with Crippen LogP contribution in [0.5, 0.6) is 17.2 Å². The Hall–Kier alpha value is -2.21. The molecule has 0 atom stereocenters. The van der Waals surface area contributed by atoms with Crippen LogP contribution in [0, 0.1) is 0 Å². The Labute approximate surface area is 149 Å². The van der Waals surface area contributed by atoms with Crippen LogP contribution in [-0.4, -0.2) is 55.9 Å². The van der Waals surface area contributed by atoms with Crippen LogP contribution in [0.2, 0.25) is 0 Å². The third-order valence-corrected chi connectivity index (χ3v) is 4.91. The molecular weight excluding hydrogens is 318 g/mol. The van der Waals surface area contributed by atoms with Gasteiger partial charge in [-0.1, -0.05) is 0 Å². The lowest BCUT2D eigenvalue weighted by Gasteiger charge is -2.29. The summed E-state index contributed by atoms with van der Waals surface area (Å²) >= 11 is 0. The minimum absolute atomic E-state index is 0.522. The van der Waals surface area contributed by atoms with E-state index in [9.17, 15) is 0 Å². The highest BCUT2D eigenvalue weighted by Gasteiger charge is 2.22. The van der Waals surface area contributed by atoms with Gasteiger partial charge in [-0.05, 0) is 50.7 Å². The van der Waals surface area contributed by atoms with Crippen LogP contribution in [0.4, 0.5) is 0 Å². The number of ether oxygens (including phenoxy) is 3. The summed E-state index contributed by atoms with van der Waals surface area (Å²) in [6.45, 7) is 2.99. The van der Waals surface area contributed by atoms with E-state index in [2.05, 4.69) is 27.7 Å². The largest absolute Gasteiger partial charge is 0.493 e. The number of benzene rings is 1. The summed E-state index contributed by atoms with van der Waals surface area (Å²) in [6, 6.07) is 4.00. The van der Waals surface area contributed by atoms with Crippen LogP contribution < -0.4 is 14.2 Å². The Morgan fingerprint density at radius 1 is 1.04 bits per heavy atom. The van der Waals surface area contributed by atoms with Gasteiger partial charge in [-0.2, -0.15) is 0 Å². The Morgan fingerprint density at radius 3 is 2.24 bits per heavy atom. The zero-order chi connectivity index (χ0) is 17.8. The molecule has 0 saturated carbocycles. The highest BCUT2D eigenvalue weighted by atomic mass is 16.5. The zero-order valence-electron chi connectivity index (χ0n) is 15.5. The summed E-state index contributed by atoms with van der Waals surface area (Å²) in [5.41, 5.74) is 1.10. The van der Waals surface area contributed by atoms with Crippen molar-refractivity contribution in [3.8, 4) is 17.2 Å². The smallest absolute Gasteiger partial charge is 0.203 e. The monoisotopic (exact) mass is 345 g/mol. The van der Waals surface area contributed by atoms with Gasteiger partial charge >= 0.3 is 0 Å². The molecule has 0 amide bonds. The molecule has 0 aliphatic carbocycles. The molecule has 2 aromatic rings. The molecule has 1 saturated heterocycles. The van der Waals surface area contributed by atoms with E-state index < -0.39 is 0 Å². The molecule has 1 aliphatic rings.